The van der Waals surface area contributed by atoms with Gasteiger partial charge < -0.3 is 69.5 Å². The number of carbonyl (C=O) groups is 3. The number of amides is 1. The number of halogens is 1. The van der Waals surface area contributed by atoms with Crippen LogP contribution >= 0.6 is 0 Å². The molecular weight excluding hydrogens is 1010 g/mol. The summed E-state index contributed by atoms with van der Waals surface area (Å²) in [6.45, 7) is 23.1. The first-order valence-electron chi connectivity index (χ1n) is 29.1. The molecule has 1 amide bonds. The smallest absolute Gasteiger partial charge is 0.311 e. The van der Waals surface area contributed by atoms with Crippen molar-refractivity contribution in [2.24, 2.45) is 46.3 Å². The Bertz CT molecular complexity index is 2220. The number of ether oxygens (including phenoxy) is 6. The summed E-state index contributed by atoms with van der Waals surface area (Å²) in [5, 5.41) is 87.4. The van der Waals surface area contributed by atoms with Crippen LogP contribution in [-0.2, 0) is 42.8 Å². The molecule has 0 aromatic carbocycles. The zero-order valence-electron chi connectivity index (χ0n) is 48.9. The molecule has 19 heteroatoms. The van der Waals surface area contributed by atoms with Gasteiger partial charge in [-0.1, -0.05) is 46.3 Å². The first-order valence-corrected chi connectivity index (χ1v) is 29.1. The van der Waals surface area contributed by atoms with E-state index >= 15 is 4.39 Å². The summed E-state index contributed by atoms with van der Waals surface area (Å²) in [4.78, 5) is 43.5. The van der Waals surface area contributed by atoms with Crippen molar-refractivity contribution in [3.05, 3.63) is 23.8 Å². The van der Waals surface area contributed by atoms with Crippen molar-refractivity contribution in [3.8, 4) is 0 Å². The number of alkyl halides is 1. The van der Waals surface area contributed by atoms with Crippen LogP contribution < -0.4 is 5.32 Å². The predicted molar refractivity (Wildman–Crippen MR) is 286 cm³/mol. The molecule has 3 saturated heterocycles. The van der Waals surface area contributed by atoms with Crippen LogP contribution in [0.3, 0.4) is 0 Å². The van der Waals surface area contributed by atoms with Gasteiger partial charge in [0.05, 0.1) is 47.6 Å². The van der Waals surface area contributed by atoms with Crippen molar-refractivity contribution >= 4 is 17.7 Å². The number of nitrogens with zero attached hydrogens (tertiary/aromatic N) is 1. The number of nitrogens with one attached hydrogen (secondary N) is 1. The highest BCUT2D eigenvalue weighted by Crippen LogP contribution is 2.70. The molecule has 0 spiro atoms. The van der Waals surface area contributed by atoms with Gasteiger partial charge in [0.25, 0.3) is 5.91 Å². The van der Waals surface area contributed by atoms with Gasteiger partial charge in [-0.25, -0.2) is 4.39 Å². The Kier molecular flexibility index (Phi) is 18.8. The minimum absolute atomic E-state index is 0.0737. The van der Waals surface area contributed by atoms with Crippen molar-refractivity contribution in [1.82, 2.24) is 10.2 Å². The molecule has 0 aromatic heterocycles. The molecule has 78 heavy (non-hydrogen) atoms. The molecule has 2 unspecified atom stereocenters. The molecule has 3 saturated carbocycles. The molecule has 18 nitrogen and oxygen atoms in total. The van der Waals surface area contributed by atoms with Crippen LogP contribution in [0, 0.1) is 46.3 Å². The molecule has 446 valence electrons. The lowest BCUT2D eigenvalue weighted by Crippen LogP contribution is -2.70. The third-order valence-corrected chi connectivity index (χ3v) is 20.8. The summed E-state index contributed by atoms with van der Waals surface area (Å²) in [6.07, 6.45) is -4.72. The second kappa shape index (κ2) is 23.3. The van der Waals surface area contributed by atoms with Gasteiger partial charge in [-0.2, -0.15) is 0 Å². The highest BCUT2D eigenvalue weighted by Gasteiger charge is 2.76. The van der Waals surface area contributed by atoms with E-state index in [1.54, 1.807) is 75.3 Å². The van der Waals surface area contributed by atoms with Crippen LogP contribution in [0.5, 0.6) is 0 Å². The number of cyclic esters (lactones) is 1. The number of hydrogen-bond donors (Lipinski definition) is 8. The lowest BCUT2D eigenvalue weighted by Gasteiger charge is -2.62. The number of aliphatic hydroxyl groups is 7. The molecule has 7 rings (SSSR count). The predicted octanol–water partition coefficient (Wildman–Crippen LogP) is 4.59. The fourth-order valence-electron chi connectivity index (χ4n) is 15.9. The summed E-state index contributed by atoms with van der Waals surface area (Å²) in [7, 11) is 1.48. The lowest BCUT2D eigenvalue weighted by atomic mass is 9.44. The summed E-state index contributed by atoms with van der Waals surface area (Å²) in [5.74, 6) is -5.63. The molecule has 25 atom stereocenters. The topological polar surface area (TPSA) is 263 Å². The minimum atomic E-state index is -2.12. The van der Waals surface area contributed by atoms with E-state index in [4.69, 9.17) is 28.4 Å². The molecule has 0 radical (unpaired) electrons. The van der Waals surface area contributed by atoms with Gasteiger partial charge >= 0.3 is 5.97 Å². The number of carbonyl (C=O) groups excluding carboxylic acids is 3. The standard InChI is InChI=1S/C59H97FN2O16/c1-15-44-57(13,71)47(66)36(7)62(24-16-23-61-52(69)59(72)32(3)25-41-40-19-18-38-26-39(63)21-22-53(38,9)58(40,60)43(65)28-54(41,59)10)30-31(2)27-55(11,70)49(78-51-42(64)20-17-33(4)74-51)34(5)46(35(6)50(68)76-44)77-45-29-56(12,73-14)48(67)37(8)75-45/h21-22,26,31-37,40-49,51,64-67,70-72H,15-20,23-25,27-30H2,1-14H3,(H,61,69)/t31-,32-,33-,34+,35-,36-,37+,40?,41?,42-,43+,44-,45+,46+,47-,48+,49-,51+,53+,54+,55-,56-,57-,58+,59+/m1/s1. The van der Waals surface area contributed by atoms with Gasteiger partial charge in [0.2, 0.25) is 0 Å². The number of allylic oxidation sites excluding steroid dienone is 4. The summed E-state index contributed by atoms with van der Waals surface area (Å²) in [6, 6.07) is -0.795. The third kappa shape index (κ3) is 11.1. The largest absolute Gasteiger partial charge is 0.459 e. The zero-order chi connectivity index (χ0) is 58.0. The van der Waals surface area contributed by atoms with Crippen LogP contribution in [0.15, 0.2) is 23.8 Å². The molecule has 3 heterocycles. The summed E-state index contributed by atoms with van der Waals surface area (Å²) < 4.78 is 55.7. The van der Waals surface area contributed by atoms with Crippen LogP contribution in [-0.4, -0.2) is 187 Å². The maximum atomic E-state index is 17.9. The van der Waals surface area contributed by atoms with Crippen LogP contribution in [0.1, 0.15) is 154 Å². The van der Waals surface area contributed by atoms with Crippen molar-refractivity contribution in [1.29, 1.82) is 0 Å². The van der Waals surface area contributed by atoms with Crippen LogP contribution in [0.4, 0.5) is 4.39 Å². The number of fused-ring (bicyclic) bond motifs is 5. The van der Waals surface area contributed by atoms with E-state index in [0.717, 1.165) is 0 Å². The van der Waals surface area contributed by atoms with Gasteiger partial charge in [0, 0.05) is 61.9 Å². The summed E-state index contributed by atoms with van der Waals surface area (Å²) >= 11 is 0. The Labute approximate surface area is 462 Å². The summed E-state index contributed by atoms with van der Waals surface area (Å²) in [5.41, 5.74) is -10.6. The second-order valence-corrected chi connectivity index (χ2v) is 26.4. The van der Waals surface area contributed by atoms with E-state index in [-0.39, 0.29) is 63.1 Å². The minimum Gasteiger partial charge on any atom is -0.459 e. The molecule has 6 fully saturated rings. The van der Waals surface area contributed by atoms with E-state index in [0.29, 0.717) is 44.1 Å². The first-order chi connectivity index (χ1) is 36.2. The second-order valence-electron chi connectivity index (χ2n) is 26.4. The van der Waals surface area contributed by atoms with Crippen molar-refractivity contribution in [2.75, 3.05) is 26.7 Å². The highest BCUT2D eigenvalue weighted by atomic mass is 19.1. The molecule has 0 aromatic rings. The number of hydrogen-bond acceptors (Lipinski definition) is 17. The maximum Gasteiger partial charge on any atom is 0.311 e. The molecule has 3 aliphatic heterocycles. The van der Waals surface area contributed by atoms with E-state index in [9.17, 15) is 50.1 Å². The molecule has 0 bridgehead atoms. The third-order valence-electron chi connectivity index (χ3n) is 20.8. The average Bonchev–Trinajstić information content (AvgIpc) is 3.62. The van der Waals surface area contributed by atoms with E-state index in [1.165, 1.54) is 26.2 Å². The van der Waals surface area contributed by atoms with Gasteiger partial charge in [-0.3, -0.25) is 19.3 Å². The Morgan fingerprint density at radius 3 is 2.22 bits per heavy atom. The number of methoxy groups -OCH3 is 1. The quantitative estimate of drug-likeness (QED) is 0.104. The number of ketones is 1. The van der Waals surface area contributed by atoms with Crippen molar-refractivity contribution < 1.29 is 82.9 Å². The fourth-order valence-corrected chi connectivity index (χ4v) is 15.9. The highest BCUT2D eigenvalue weighted by molar-refractivity contribution is 6.01. The van der Waals surface area contributed by atoms with Crippen molar-refractivity contribution in [3.63, 3.8) is 0 Å². The number of aliphatic hydroxyl groups excluding tert-OH is 4. The molecule has 8 N–H and O–H groups in total. The Morgan fingerprint density at radius 1 is 0.885 bits per heavy atom. The Hall–Kier alpha value is -2.50. The fraction of sp³-hybridized carbons (Fsp3) is 0.881. The molecular formula is C59H97FN2O16. The average molecular weight is 1110 g/mol. The Morgan fingerprint density at radius 2 is 1.56 bits per heavy atom. The number of rotatable bonds is 11. The van der Waals surface area contributed by atoms with Crippen LogP contribution in [0.25, 0.3) is 0 Å². The van der Waals surface area contributed by atoms with E-state index < -0.39 is 148 Å². The van der Waals surface area contributed by atoms with Gasteiger partial charge in [-0.15, -0.1) is 0 Å². The SMILES string of the molecule is CC[C@H]1OC(=O)[C@H](C)[C@@H](O[C@H]2C[C@@](C)(OC)[C@@H](O)[C@H](C)O2)[C@H](C)[C@@H](O[C@@H]2O[C@H](C)CC[C@H]2O)[C@](C)(O)C[C@@H](C)CN(CCCNC(=O)[C@@]2(O)[C@H](C)CC3C4CCC5=CC(=O)C=C[C@]5(C)[C@@]4(F)[C@@H](O)C[C@@]32C)[C@H](C)[C@@H](O)[C@]1(C)O. The zero-order valence-corrected chi connectivity index (χ0v) is 48.9. The maximum absolute atomic E-state index is 17.9. The van der Waals surface area contributed by atoms with Gasteiger partial charge in [-0.05, 0) is 143 Å². The lowest BCUT2D eigenvalue weighted by molar-refractivity contribution is -0.314. The van der Waals surface area contributed by atoms with Gasteiger partial charge in [0.1, 0.15) is 30.0 Å². The monoisotopic (exact) mass is 1110 g/mol. The van der Waals surface area contributed by atoms with Crippen LogP contribution in [0.2, 0.25) is 0 Å². The molecule has 7 aliphatic rings. The number of esters is 1. The normalized spacial score (nSPS) is 50.8. The first kappa shape index (κ1) is 63.1. The van der Waals surface area contributed by atoms with E-state index in [1.807, 2.05) is 18.7 Å². The molecule has 4 aliphatic carbocycles. The Balaban J connectivity index is 1.14. The van der Waals surface area contributed by atoms with E-state index in [2.05, 4.69) is 5.32 Å². The van der Waals surface area contributed by atoms with Gasteiger partial charge in [0.15, 0.2) is 29.6 Å². The van der Waals surface area contributed by atoms with Crippen molar-refractivity contribution in [2.45, 2.75) is 256 Å².